The van der Waals surface area contributed by atoms with Crippen LogP contribution in [0.2, 0.25) is 0 Å². The largest absolute Gasteiger partial charge is 0.373 e. The van der Waals surface area contributed by atoms with Crippen molar-refractivity contribution >= 4 is 0 Å². The summed E-state index contributed by atoms with van der Waals surface area (Å²) < 4.78 is 30.6. The highest BCUT2D eigenvalue weighted by molar-refractivity contribution is 5.29. The number of rotatable bonds is 8. The van der Waals surface area contributed by atoms with Gasteiger partial charge >= 0.3 is 0 Å². The van der Waals surface area contributed by atoms with Crippen LogP contribution in [-0.4, -0.2) is 6.61 Å². The second-order valence-electron chi connectivity index (χ2n) is 10.0. The number of hydrogen-bond acceptors (Lipinski definition) is 1. The highest BCUT2D eigenvalue weighted by Gasteiger charge is 2.25. The monoisotopic (exact) mass is 452 g/mol. The molecule has 1 aliphatic heterocycles. The Hall–Kier alpha value is -2.00. The van der Waals surface area contributed by atoms with Gasteiger partial charge in [-0.15, -0.1) is 0 Å². The smallest absolute Gasteiger partial charge is 0.266 e. The predicted molar refractivity (Wildman–Crippen MR) is 132 cm³/mol. The van der Waals surface area contributed by atoms with Crippen molar-refractivity contribution in [1.82, 2.24) is 0 Å². The van der Waals surface area contributed by atoms with Crippen molar-refractivity contribution in [2.45, 2.75) is 89.1 Å². The van der Waals surface area contributed by atoms with E-state index in [0.29, 0.717) is 24.7 Å². The molecule has 2 aromatic rings. The van der Waals surface area contributed by atoms with E-state index in [2.05, 4.69) is 55.5 Å². The average Bonchev–Trinajstić information content (AvgIpc) is 2.85. The molecule has 2 aliphatic rings. The molecule has 33 heavy (non-hydrogen) atoms. The number of ether oxygens (including phenoxy) is 1. The van der Waals surface area contributed by atoms with Crippen LogP contribution in [-0.2, 0) is 11.2 Å². The third-order valence-corrected chi connectivity index (χ3v) is 7.76. The fourth-order valence-electron chi connectivity index (χ4n) is 5.75. The van der Waals surface area contributed by atoms with Crippen LogP contribution in [0.4, 0.5) is 8.78 Å². The van der Waals surface area contributed by atoms with Gasteiger partial charge < -0.3 is 4.74 Å². The molecule has 2 fully saturated rings. The Balaban J connectivity index is 1.25. The number of aryl methyl sites for hydroxylation is 1. The summed E-state index contributed by atoms with van der Waals surface area (Å²) in [6.45, 7) is 3.17. The predicted octanol–water partition coefficient (Wildman–Crippen LogP) is 9.11. The minimum atomic E-state index is -1.58. The van der Waals surface area contributed by atoms with E-state index < -0.39 is 6.08 Å². The summed E-state index contributed by atoms with van der Waals surface area (Å²) in [5, 5.41) is 0. The topological polar surface area (TPSA) is 9.23 Å². The van der Waals surface area contributed by atoms with E-state index in [-0.39, 0.29) is 6.10 Å². The molecule has 4 rings (SSSR count). The first-order valence-electron chi connectivity index (χ1n) is 12.9. The van der Waals surface area contributed by atoms with Gasteiger partial charge in [0.2, 0.25) is 0 Å². The Morgan fingerprint density at radius 3 is 1.91 bits per heavy atom. The van der Waals surface area contributed by atoms with Crippen molar-refractivity contribution in [3.8, 4) is 0 Å². The molecule has 0 spiro atoms. The van der Waals surface area contributed by atoms with Crippen molar-refractivity contribution in [2.24, 2.45) is 5.92 Å². The summed E-state index contributed by atoms with van der Waals surface area (Å²) in [5.41, 5.74) is 5.34. The zero-order valence-electron chi connectivity index (χ0n) is 19.9. The fraction of sp³-hybridized carbons (Fsp3) is 0.533. The summed E-state index contributed by atoms with van der Waals surface area (Å²) in [6.07, 6.45) is 10.6. The molecular formula is C30H38F2O. The molecule has 3 heteroatoms. The molecule has 1 heterocycles. The molecule has 1 saturated carbocycles. The second-order valence-corrected chi connectivity index (χ2v) is 10.0. The molecule has 0 aromatic heterocycles. The molecule has 0 radical (unpaired) electrons. The summed E-state index contributed by atoms with van der Waals surface area (Å²) in [4.78, 5) is 0. The van der Waals surface area contributed by atoms with Gasteiger partial charge in [0.1, 0.15) is 0 Å². The van der Waals surface area contributed by atoms with Crippen LogP contribution in [0.3, 0.4) is 0 Å². The van der Waals surface area contributed by atoms with Gasteiger partial charge in [0, 0.05) is 0 Å². The van der Waals surface area contributed by atoms with Crippen molar-refractivity contribution < 1.29 is 13.5 Å². The number of halogens is 2. The van der Waals surface area contributed by atoms with E-state index in [1.807, 2.05) is 0 Å². The fourth-order valence-corrected chi connectivity index (χ4v) is 5.75. The highest BCUT2D eigenvalue weighted by atomic mass is 19.3. The Morgan fingerprint density at radius 1 is 0.818 bits per heavy atom. The van der Waals surface area contributed by atoms with Crippen LogP contribution in [0.5, 0.6) is 0 Å². The molecule has 178 valence electrons. The van der Waals surface area contributed by atoms with Crippen LogP contribution >= 0.6 is 0 Å². The van der Waals surface area contributed by atoms with Crippen molar-refractivity contribution in [3.05, 3.63) is 82.9 Å². The second kappa shape index (κ2) is 11.9. The molecule has 1 saturated heterocycles. The average molecular weight is 453 g/mol. The van der Waals surface area contributed by atoms with Gasteiger partial charge in [0.05, 0.1) is 12.7 Å². The summed E-state index contributed by atoms with van der Waals surface area (Å²) in [5.74, 6) is 2.02. The van der Waals surface area contributed by atoms with Gasteiger partial charge in [0.15, 0.2) is 0 Å². The molecular weight excluding hydrogens is 414 g/mol. The minimum absolute atomic E-state index is 0.276. The number of allylic oxidation sites excluding steroid dienone is 1. The van der Waals surface area contributed by atoms with Gasteiger partial charge in [0.25, 0.3) is 6.08 Å². The van der Waals surface area contributed by atoms with E-state index in [0.717, 1.165) is 30.6 Å². The van der Waals surface area contributed by atoms with E-state index in [4.69, 9.17) is 4.74 Å². The first-order valence-corrected chi connectivity index (χ1v) is 12.9. The summed E-state index contributed by atoms with van der Waals surface area (Å²) >= 11 is 0. The lowest BCUT2D eigenvalue weighted by molar-refractivity contribution is -0.0194. The van der Waals surface area contributed by atoms with Crippen LogP contribution in [0, 0.1) is 5.92 Å². The normalized spacial score (nSPS) is 25.5. The molecule has 2 aromatic carbocycles. The van der Waals surface area contributed by atoms with Gasteiger partial charge in [-0.2, -0.15) is 8.78 Å². The third kappa shape index (κ3) is 6.76. The summed E-state index contributed by atoms with van der Waals surface area (Å²) in [7, 11) is 0. The molecule has 2 atom stereocenters. The Labute approximate surface area is 198 Å². The lowest BCUT2D eigenvalue weighted by Gasteiger charge is -2.31. The maximum Gasteiger partial charge on any atom is 0.266 e. The van der Waals surface area contributed by atoms with Gasteiger partial charge in [-0.05, 0) is 104 Å². The lowest BCUT2D eigenvalue weighted by Crippen LogP contribution is -2.20. The van der Waals surface area contributed by atoms with Crippen LogP contribution in [0.25, 0.3) is 0 Å². The van der Waals surface area contributed by atoms with Crippen molar-refractivity contribution in [2.75, 3.05) is 6.61 Å². The first-order chi connectivity index (χ1) is 16.1. The molecule has 2 unspecified atom stereocenters. The highest BCUT2D eigenvalue weighted by Crippen LogP contribution is 2.41. The zero-order chi connectivity index (χ0) is 23.0. The van der Waals surface area contributed by atoms with Crippen LogP contribution < -0.4 is 0 Å². The molecule has 0 amide bonds. The number of benzene rings is 2. The Bertz CT molecular complexity index is 867. The Morgan fingerprint density at radius 2 is 1.39 bits per heavy atom. The third-order valence-electron chi connectivity index (χ3n) is 7.76. The molecule has 0 bridgehead atoms. The maximum atomic E-state index is 12.2. The first kappa shape index (κ1) is 24.1. The number of hydrogen-bond donors (Lipinski definition) is 0. The summed E-state index contributed by atoms with van der Waals surface area (Å²) in [6, 6.07) is 17.9. The Kier molecular flexibility index (Phi) is 8.72. The maximum absolute atomic E-state index is 12.2. The quantitative estimate of drug-likeness (QED) is 0.388. The SMILES string of the molecule is CCCC1CCC(c2ccc(C3CCC(c4ccc(CCC=C(F)F)cc4)CC3)cc2)OC1. The molecule has 1 aliphatic carbocycles. The lowest BCUT2D eigenvalue weighted by atomic mass is 9.76. The zero-order valence-corrected chi connectivity index (χ0v) is 19.9. The van der Waals surface area contributed by atoms with E-state index in [9.17, 15) is 8.78 Å². The van der Waals surface area contributed by atoms with Crippen molar-refractivity contribution in [1.29, 1.82) is 0 Å². The van der Waals surface area contributed by atoms with Gasteiger partial charge in [-0.3, -0.25) is 0 Å². The van der Waals surface area contributed by atoms with E-state index >= 15 is 0 Å². The van der Waals surface area contributed by atoms with E-state index in [1.165, 1.54) is 61.6 Å². The van der Waals surface area contributed by atoms with Crippen LogP contribution in [0.15, 0.2) is 60.7 Å². The van der Waals surface area contributed by atoms with Crippen LogP contribution in [0.1, 0.15) is 105 Å². The van der Waals surface area contributed by atoms with E-state index in [1.54, 1.807) is 0 Å². The minimum Gasteiger partial charge on any atom is -0.373 e. The van der Waals surface area contributed by atoms with Gasteiger partial charge in [-0.25, -0.2) is 0 Å². The molecule has 0 N–H and O–H groups in total. The molecule has 1 nitrogen and oxygen atoms in total. The standard InChI is InChI=1S/C30H38F2O/c1-2-4-23-9-20-29(33-21-23)28-18-16-27(17-19-28)26-14-12-25(13-15-26)24-10-7-22(8-11-24)5-3-6-30(31)32/h6-8,10-11,16-19,23,25-26,29H,2-5,9,12-15,20-21H2,1H3. The van der Waals surface area contributed by atoms with Gasteiger partial charge in [-0.1, -0.05) is 61.9 Å². The van der Waals surface area contributed by atoms with Crippen molar-refractivity contribution in [3.63, 3.8) is 0 Å².